The summed E-state index contributed by atoms with van der Waals surface area (Å²) < 4.78 is 12.6. The fraction of sp³-hybridized carbons (Fsp3) is 0.150. The first-order chi connectivity index (χ1) is 15.1. The molecule has 0 saturated heterocycles. The number of anilines is 2. The van der Waals surface area contributed by atoms with Crippen LogP contribution < -0.4 is 20.3 Å². The van der Waals surface area contributed by atoms with Gasteiger partial charge in [0.2, 0.25) is 5.95 Å². The Labute approximate surface area is 180 Å². The maximum atomic E-state index is 12.8. The predicted octanol–water partition coefficient (Wildman–Crippen LogP) is 2.79. The highest BCUT2D eigenvalue weighted by atomic mass is 35.5. The van der Waals surface area contributed by atoms with Crippen molar-refractivity contribution < 1.29 is 9.47 Å². The fourth-order valence-electron chi connectivity index (χ4n) is 3.71. The first kappa shape index (κ1) is 19.1. The molecular weight excluding hydrogens is 422 g/mol. The molecule has 1 atom stereocenters. The third kappa shape index (κ3) is 3.08. The Morgan fingerprint density at radius 2 is 1.90 bits per heavy atom. The molecule has 2 aromatic heterocycles. The summed E-state index contributed by atoms with van der Waals surface area (Å²) in [5.41, 5.74) is 2.53. The number of nitrogens with one attached hydrogen (secondary N) is 2. The van der Waals surface area contributed by atoms with E-state index in [2.05, 4.69) is 31.0 Å². The average molecular weight is 438 g/mol. The van der Waals surface area contributed by atoms with Crippen LogP contribution in [0.5, 0.6) is 11.5 Å². The van der Waals surface area contributed by atoms with Crippen molar-refractivity contribution in [1.82, 2.24) is 30.4 Å². The summed E-state index contributed by atoms with van der Waals surface area (Å²) in [4.78, 5) is 12.8. The number of nitrogens with zero attached hydrogens (tertiary/aromatic N) is 5. The monoisotopic (exact) mass is 437 g/mol. The number of halogens is 1. The van der Waals surface area contributed by atoms with Gasteiger partial charge >= 0.3 is 0 Å². The third-order valence-corrected chi connectivity index (χ3v) is 5.37. The fourth-order valence-corrected chi connectivity index (χ4v) is 3.83. The normalized spacial score (nSPS) is 14.4. The van der Waals surface area contributed by atoms with Crippen molar-refractivity contribution >= 4 is 23.2 Å². The van der Waals surface area contributed by atoms with Gasteiger partial charge in [-0.3, -0.25) is 4.79 Å². The molecule has 0 unspecified atom stereocenters. The number of H-pyrrole nitrogens is 1. The summed E-state index contributed by atoms with van der Waals surface area (Å²) in [5.74, 6) is 1.53. The molecule has 0 fully saturated rings. The number of methoxy groups -OCH3 is 2. The van der Waals surface area contributed by atoms with Gasteiger partial charge in [-0.25, -0.2) is 5.10 Å². The molecular formula is C20H16ClN7O3. The van der Waals surface area contributed by atoms with E-state index in [9.17, 15) is 4.79 Å². The quantitative estimate of drug-likeness (QED) is 0.440. The van der Waals surface area contributed by atoms with Gasteiger partial charge in [0.25, 0.3) is 5.56 Å². The molecule has 0 radical (unpaired) electrons. The van der Waals surface area contributed by atoms with Gasteiger partial charge in [0.1, 0.15) is 23.2 Å². The zero-order chi connectivity index (χ0) is 21.5. The van der Waals surface area contributed by atoms with E-state index < -0.39 is 11.6 Å². The SMILES string of the molecule is COc1ccc(OC)c([C@H]2c3c(-c4ccc(Cl)cc4)n[nH]c(=O)c3Nc3nnnn32)c1. The molecule has 156 valence electrons. The molecule has 0 saturated carbocycles. The minimum Gasteiger partial charge on any atom is -0.497 e. The molecule has 2 aromatic carbocycles. The second-order valence-electron chi connectivity index (χ2n) is 6.78. The van der Waals surface area contributed by atoms with Crippen LogP contribution in [-0.2, 0) is 0 Å². The van der Waals surface area contributed by atoms with Crippen molar-refractivity contribution in [3.05, 3.63) is 69.0 Å². The number of fused-ring (bicyclic) bond motifs is 2. The largest absolute Gasteiger partial charge is 0.497 e. The van der Waals surface area contributed by atoms with Crippen molar-refractivity contribution in [2.24, 2.45) is 0 Å². The Morgan fingerprint density at radius 3 is 2.65 bits per heavy atom. The number of rotatable bonds is 4. The molecule has 5 rings (SSSR count). The molecule has 0 amide bonds. The van der Waals surface area contributed by atoms with Crippen LogP contribution in [0.25, 0.3) is 11.3 Å². The second-order valence-corrected chi connectivity index (χ2v) is 7.22. The number of aromatic amines is 1. The Morgan fingerprint density at radius 1 is 1.10 bits per heavy atom. The van der Waals surface area contributed by atoms with Crippen molar-refractivity contribution in [2.45, 2.75) is 6.04 Å². The number of hydrogen-bond acceptors (Lipinski definition) is 8. The van der Waals surface area contributed by atoms with Crippen LogP contribution in [0.4, 0.5) is 11.6 Å². The van der Waals surface area contributed by atoms with Crippen LogP contribution in [0.15, 0.2) is 47.3 Å². The van der Waals surface area contributed by atoms with E-state index in [0.717, 1.165) is 5.56 Å². The molecule has 1 aliphatic rings. The van der Waals surface area contributed by atoms with Gasteiger partial charge in [0.05, 0.1) is 19.9 Å². The predicted molar refractivity (Wildman–Crippen MR) is 113 cm³/mol. The number of benzene rings is 2. The van der Waals surface area contributed by atoms with E-state index in [4.69, 9.17) is 21.1 Å². The highest BCUT2D eigenvalue weighted by Gasteiger charge is 2.36. The number of tetrazole rings is 1. The summed E-state index contributed by atoms with van der Waals surface area (Å²) >= 11 is 6.07. The molecule has 2 N–H and O–H groups in total. The van der Waals surface area contributed by atoms with Crippen LogP contribution in [0, 0.1) is 0 Å². The first-order valence-electron chi connectivity index (χ1n) is 9.26. The minimum atomic E-state index is -0.605. The van der Waals surface area contributed by atoms with E-state index in [0.29, 0.717) is 45.0 Å². The third-order valence-electron chi connectivity index (χ3n) is 5.12. The molecule has 0 spiro atoms. The molecule has 4 aromatic rings. The van der Waals surface area contributed by atoms with Crippen LogP contribution in [0.2, 0.25) is 5.02 Å². The van der Waals surface area contributed by atoms with Gasteiger partial charge in [-0.05, 0) is 40.8 Å². The highest BCUT2D eigenvalue weighted by Crippen LogP contribution is 2.44. The maximum Gasteiger partial charge on any atom is 0.288 e. The summed E-state index contributed by atoms with van der Waals surface area (Å²) in [7, 11) is 3.15. The molecule has 31 heavy (non-hydrogen) atoms. The lowest BCUT2D eigenvalue weighted by Crippen LogP contribution is -2.29. The zero-order valence-corrected chi connectivity index (χ0v) is 17.2. The molecule has 10 nitrogen and oxygen atoms in total. The van der Waals surface area contributed by atoms with Crippen LogP contribution >= 0.6 is 11.6 Å². The Hall–Kier alpha value is -3.92. The Bertz CT molecular complexity index is 1330. The van der Waals surface area contributed by atoms with E-state index in [-0.39, 0.29) is 0 Å². The van der Waals surface area contributed by atoms with Gasteiger partial charge in [0, 0.05) is 21.7 Å². The lowest BCUT2D eigenvalue weighted by atomic mass is 9.92. The minimum absolute atomic E-state index is 0.303. The van der Waals surface area contributed by atoms with Crippen LogP contribution in [-0.4, -0.2) is 44.6 Å². The van der Waals surface area contributed by atoms with Gasteiger partial charge in [0.15, 0.2) is 0 Å². The molecule has 0 aliphatic carbocycles. The van der Waals surface area contributed by atoms with Crippen LogP contribution in [0.3, 0.4) is 0 Å². The molecule has 0 bridgehead atoms. The van der Waals surface area contributed by atoms with Crippen molar-refractivity contribution in [3.63, 3.8) is 0 Å². The van der Waals surface area contributed by atoms with Gasteiger partial charge < -0.3 is 14.8 Å². The van der Waals surface area contributed by atoms with E-state index in [1.54, 1.807) is 43.2 Å². The standard InChI is InChI=1S/C20H16ClN7O3/c1-30-12-7-8-14(31-2)13(9-12)18-15-16(10-3-5-11(21)6-4-10)23-24-19(29)17(15)22-20-25-26-27-28(18)20/h3-9,18H,1-2H3,(H,24,29)(H,22,25,27)/t18-/m0/s1. The van der Waals surface area contributed by atoms with Crippen molar-refractivity contribution in [2.75, 3.05) is 19.5 Å². The van der Waals surface area contributed by atoms with Gasteiger partial charge in [-0.1, -0.05) is 28.8 Å². The Kier molecular flexibility index (Phi) is 4.55. The summed E-state index contributed by atoms with van der Waals surface area (Å²) in [5, 5.41) is 22.5. The number of aromatic nitrogens is 6. The van der Waals surface area contributed by atoms with Gasteiger partial charge in [-0.2, -0.15) is 9.78 Å². The second kappa shape index (κ2) is 7.40. The number of hydrogen-bond donors (Lipinski definition) is 2. The first-order valence-corrected chi connectivity index (χ1v) is 9.64. The topological polar surface area (TPSA) is 120 Å². The maximum absolute atomic E-state index is 12.8. The molecule has 3 heterocycles. The smallest absolute Gasteiger partial charge is 0.288 e. The summed E-state index contributed by atoms with van der Waals surface area (Å²) in [6, 6.07) is 12.0. The zero-order valence-electron chi connectivity index (χ0n) is 16.5. The van der Waals surface area contributed by atoms with Crippen LogP contribution in [0.1, 0.15) is 17.2 Å². The van der Waals surface area contributed by atoms with Crippen molar-refractivity contribution in [3.8, 4) is 22.8 Å². The average Bonchev–Trinajstić information content (AvgIpc) is 3.27. The Balaban J connectivity index is 1.84. The lowest BCUT2D eigenvalue weighted by Gasteiger charge is -2.28. The summed E-state index contributed by atoms with van der Waals surface area (Å²) in [6.07, 6.45) is 0. The van der Waals surface area contributed by atoms with Gasteiger partial charge in [-0.15, -0.1) is 0 Å². The number of ether oxygens (including phenoxy) is 2. The van der Waals surface area contributed by atoms with E-state index in [1.807, 2.05) is 18.2 Å². The summed E-state index contributed by atoms with van der Waals surface area (Å²) in [6.45, 7) is 0. The highest BCUT2D eigenvalue weighted by molar-refractivity contribution is 6.30. The van der Waals surface area contributed by atoms with E-state index in [1.165, 1.54) is 0 Å². The molecule has 11 heteroatoms. The molecule has 1 aliphatic heterocycles. The van der Waals surface area contributed by atoms with Crippen molar-refractivity contribution in [1.29, 1.82) is 0 Å². The lowest BCUT2D eigenvalue weighted by molar-refractivity contribution is 0.392. The van der Waals surface area contributed by atoms with E-state index >= 15 is 0 Å².